The minimum atomic E-state index is -0.00171. The molecular weight excluding hydrogens is 260 g/mol. The number of aromatic hydroxyl groups is 1. The second kappa shape index (κ2) is 6.42. The molecule has 20 heavy (non-hydrogen) atoms. The predicted molar refractivity (Wildman–Crippen MR) is 75.1 cm³/mol. The molecule has 0 aliphatic heterocycles. The molecule has 6 heteroatoms. The number of rotatable bonds is 5. The first-order chi connectivity index (χ1) is 9.74. The van der Waals surface area contributed by atoms with Crippen molar-refractivity contribution in [2.45, 2.75) is 0 Å². The van der Waals surface area contributed by atoms with Crippen LogP contribution in [-0.4, -0.2) is 31.8 Å². The average molecular weight is 274 g/mol. The van der Waals surface area contributed by atoms with Crippen LogP contribution in [0.5, 0.6) is 17.2 Å². The molecule has 0 bridgehead atoms. The van der Waals surface area contributed by atoms with Crippen LogP contribution < -0.4 is 9.47 Å². The Morgan fingerprint density at radius 3 is 2.60 bits per heavy atom. The maximum atomic E-state index is 9.90. The van der Waals surface area contributed by atoms with Crippen molar-refractivity contribution in [3.63, 3.8) is 0 Å². The Bertz CT molecular complexity index is 618. The molecule has 2 aromatic rings. The van der Waals surface area contributed by atoms with Gasteiger partial charge >= 0.3 is 0 Å². The molecule has 104 valence electrons. The highest BCUT2D eigenvalue weighted by atomic mass is 16.5. The minimum Gasteiger partial charge on any atom is -0.507 e. The highest BCUT2D eigenvalue weighted by Gasteiger charge is 2.09. The number of nitrogens with zero attached hydrogens (tertiary/aromatic N) is 2. The third-order valence-electron chi connectivity index (χ3n) is 2.53. The molecule has 0 amide bonds. The monoisotopic (exact) mass is 274 g/mol. The van der Waals surface area contributed by atoms with Crippen molar-refractivity contribution in [1.29, 1.82) is 0 Å². The zero-order valence-corrected chi connectivity index (χ0v) is 11.1. The van der Waals surface area contributed by atoms with E-state index in [1.165, 1.54) is 32.7 Å². The Morgan fingerprint density at radius 2 is 1.95 bits per heavy atom. The van der Waals surface area contributed by atoms with Crippen LogP contribution in [-0.2, 0) is 0 Å². The number of hydrogen-bond acceptors (Lipinski definition) is 6. The number of hydrogen-bond donors (Lipinski definition) is 1. The highest BCUT2D eigenvalue weighted by molar-refractivity contribution is 5.88. The molecular formula is C14H14N2O4. The molecule has 0 unspecified atom stereocenters. The molecule has 2 rings (SSSR count). The van der Waals surface area contributed by atoms with Crippen LogP contribution >= 0.6 is 0 Å². The Kier molecular flexibility index (Phi) is 4.39. The normalized spacial score (nSPS) is 11.3. The molecule has 0 saturated carbocycles. The van der Waals surface area contributed by atoms with Crippen molar-refractivity contribution < 1.29 is 19.0 Å². The van der Waals surface area contributed by atoms with Crippen molar-refractivity contribution in [3.05, 3.63) is 41.9 Å². The number of ether oxygens (including phenoxy) is 2. The van der Waals surface area contributed by atoms with Gasteiger partial charge in [0.25, 0.3) is 0 Å². The topological polar surface area (TPSA) is 76.5 Å². The Hall–Kier alpha value is -2.76. The largest absolute Gasteiger partial charge is 0.507 e. The molecule has 0 aliphatic carbocycles. The third-order valence-corrected chi connectivity index (χ3v) is 2.53. The maximum Gasteiger partial charge on any atom is 0.146 e. The van der Waals surface area contributed by atoms with Crippen LogP contribution in [0.3, 0.4) is 0 Å². The van der Waals surface area contributed by atoms with Gasteiger partial charge in [0.1, 0.15) is 23.0 Å². The van der Waals surface area contributed by atoms with E-state index in [0.29, 0.717) is 22.8 Å². The second-order valence-electron chi connectivity index (χ2n) is 3.77. The quantitative estimate of drug-likeness (QED) is 0.671. The van der Waals surface area contributed by atoms with Gasteiger partial charge in [0, 0.05) is 12.1 Å². The predicted octanol–water partition coefficient (Wildman–Crippen LogP) is 2.46. The van der Waals surface area contributed by atoms with Crippen LogP contribution in [0.2, 0.25) is 0 Å². The summed E-state index contributed by atoms with van der Waals surface area (Å²) in [5, 5.41) is 17.6. The van der Waals surface area contributed by atoms with Gasteiger partial charge < -0.3 is 19.0 Å². The van der Waals surface area contributed by atoms with E-state index in [0.717, 1.165) is 0 Å². The van der Waals surface area contributed by atoms with Crippen molar-refractivity contribution >= 4 is 12.4 Å². The average Bonchev–Trinajstić information content (AvgIpc) is 2.97. The van der Waals surface area contributed by atoms with Crippen LogP contribution in [0, 0.1) is 0 Å². The van der Waals surface area contributed by atoms with Crippen LogP contribution in [0.4, 0.5) is 0 Å². The molecule has 1 aromatic heterocycles. The first-order valence-electron chi connectivity index (χ1n) is 5.79. The summed E-state index contributed by atoms with van der Waals surface area (Å²) in [6.07, 6.45) is 4.40. The molecule has 0 atom stereocenters. The lowest BCUT2D eigenvalue weighted by Crippen LogP contribution is -1.93. The lowest BCUT2D eigenvalue weighted by atomic mass is 10.2. The second-order valence-corrected chi connectivity index (χ2v) is 3.77. The first kappa shape index (κ1) is 13.7. The number of furan rings is 1. The number of methoxy groups -OCH3 is 2. The van der Waals surface area contributed by atoms with E-state index in [9.17, 15) is 5.11 Å². The lowest BCUT2D eigenvalue weighted by Gasteiger charge is -2.08. The number of phenolic OH excluding ortho intramolecular Hbond substituents is 1. The number of benzene rings is 1. The van der Waals surface area contributed by atoms with Crippen LogP contribution in [0.1, 0.15) is 11.3 Å². The van der Waals surface area contributed by atoms with Gasteiger partial charge in [0.2, 0.25) is 0 Å². The molecule has 1 heterocycles. The van der Waals surface area contributed by atoms with E-state index in [-0.39, 0.29) is 5.75 Å². The van der Waals surface area contributed by atoms with Gasteiger partial charge in [0.05, 0.1) is 38.5 Å². The smallest absolute Gasteiger partial charge is 0.146 e. The Morgan fingerprint density at radius 1 is 1.15 bits per heavy atom. The third kappa shape index (κ3) is 3.17. The molecule has 1 aromatic carbocycles. The van der Waals surface area contributed by atoms with Gasteiger partial charge in [-0.2, -0.15) is 10.2 Å². The standard InChI is InChI=1S/C14H14N2O4/c1-18-11-6-13(17)12(14(7-11)19-2)9-16-15-8-10-4-3-5-20-10/h3-9,17H,1-2H3/b15-8+,16-9-. The van der Waals surface area contributed by atoms with E-state index in [2.05, 4.69) is 10.2 Å². The molecule has 1 N–H and O–H groups in total. The van der Waals surface area contributed by atoms with Crippen molar-refractivity contribution in [2.24, 2.45) is 10.2 Å². The van der Waals surface area contributed by atoms with Crippen molar-refractivity contribution in [1.82, 2.24) is 0 Å². The van der Waals surface area contributed by atoms with Crippen LogP contribution in [0.25, 0.3) is 0 Å². The fourth-order valence-electron chi connectivity index (χ4n) is 1.55. The summed E-state index contributed by atoms with van der Waals surface area (Å²) in [6, 6.07) is 6.63. The highest BCUT2D eigenvalue weighted by Crippen LogP contribution is 2.31. The van der Waals surface area contributed by atoms with Crippen LogP contribution in [0.15, 0.2) is 45.1 Å². The summed E-state index contributed by atoms with van der Waals surface area (Å²) in [7, 11) is 3.01. The van der Waals surface area contributed by atoms with E-state index < -0.39 is 0 Å². The van der Waals surface area contributed by atoms with Gasteiger partial charge in [0.15, 0.2) is 0 Å². The lowest BCUT2D eigenvalue weighted by molar-refractivity contribution is 0.384. The summed E-state index contributed by atoms with van der Waals surface area (Å²) in [5.41, 5.74) is 0.421. The first-order valence-corrected chi connectivity index (χ1v) is 5.79. The summed E-state index contributed by atoms with van der Waals surface area (Å²) in [5.74, 6) is 1.53. The molecule has 0 radical (unpaired) electrons. The summed E-state index contributed by atoms with van der Waals surface area (Å²) < 4.78 is 15.3. The Labute approximate surface area is 116 Å². The molecule has 0 saturated heterocycles. The van der Waals surface area contributed by atoms with Gasteiger partial charge in [-0.1, -0.05) is 0 Å². The van der Waals surface area contributed by atoms with E-state index in [4.69, 9.17) is 13.9 Å². The van der Waals surface area contributed by atoms with E-state index >= 15 is 0 Å². The summed E-state index contributed by atoms with van der Waals surface area (Å²) >= 11 is 0. The SMILES string of the molecule is COc1cc(O)c(/C=N\N=C\c2ccco2)c(OC)c1. The van der Waals surface area contributed by atoms with E-state index in [1.54, 1.807) is 24.5 Å². The molecule has 0 spiro atoms. The van der Waals surface area contributed by atoms with Crippen molar-refractivity contribution in [2.75, 3.05) is 14.2 Å². The molecule has 0 aliphatic rings. The van der Waals surface area contributed by atoms with Gasteiger partial charge in [-0.15, -0.1) is 0 Å². The van der Waals surface area contributed by atoms with Gasteiger partial charge in [-0.05, 0) is 12.1 Å². The minimum absolute atomic E-state index is 0.00171. The zero-order chi connectivity index (χ0) is 14.4. The summed E-state index contributed by atoms with van der Waals surface area (Å²) in [6.45, 7) is 0. The van der Waals surface area contributed by atoms with Gasteiger partial charge in [-0.3, -0.25) is 0 Å². The fraction of sp³-hybridized carbons (Fsp3) is 0.143. The Balaban J connectivity index is 2.20. The molecule has 6 nitrogen and oxygen atoms in total. The summed E-state index contributed by atoms with van der Waals surface area (Å²) in [4.78, 5) is 0. The zero-order valence-electron chi connectivity index (χ0n) is 11.1. The van der Waals surface area contributed by atoms with E-state index in [1.807, 2.05) is 0 Å². The van der Waals surface area contributed by atoms with Crippen molar-refractivity contribution in [3.8, 4) is 17.2 Å². The number of phenols is 1. The maximum absolute atomic E-state index is 9.90. The fourth-order valence-corrected chi connectivity index (χ4v) is 1.55. The molecule has 0 fully saturated rings. The van der Waals surface area contributed by atoms with Gasteiger partial charge in [-0.25, -0.2) is 0 Å².